The number of sulfonamides is 1. The maximum Gasteiger partial charge on any atom is 0.415 e. The third-order valence-electron chi connectivity index (χ3n) is 2.20. The zero-order valence-electron chi connectivity index (χ0n) is 9.34. The van der Waals surface area contributed by atoms with Gasteiger partial charge in [0.1, 0.15) is 0 Å². The summed E-state index contributed by atoms with van der Waals surface area (Å²) in [6.07, 6.45) is -0.735. The van der Waals surface area contributed by atoms with Gasteiger partial charge < -0.3 is 4.74 Å². The van der Waals surface area contributed by atoms with E-state index in [9.17, 15) is 18.0 Å². The molecular formula is C10H10N2O5S. The number of anilines is 1. The molecule has 1 aliphatic heterocycles. The van der Waals surface area contributed by atoms with Crippen LogP contribution in [-0.4, -0.2) is 26.7 Å². The summed E-state index contributed by atoms with van der Waals surface area (Å²) < 4.78 is 29.0. The quantitative estimate of drug-likeness (QED) is 0.826. The van der Waals surface area contributed by atoms with E-state index in [1.807, 2.05) is 5.32 Å². The summed E-state index contributed by atoms with van der Waals surface area (Å²) in [6, 6.07) is 5.98. The first-order chi connectivity index (χ1) is 8.35. The average Bonchev–Trinajstić information content (AvgIpc) is 2.57. The number of hydrogen-bond acceptors (Lipinski definition) is 5. The molecule has 1 aliphatic rings. The standard InChI is InChI=1S/C10H10N2O5S/c1-18(15,16)12-7-4-2-6(3-5-7)8-9(13)11-10(14)17-8/h2-5,8,12H,1H3,(H,11,13,14). The minimum atomic E-state index is -3.34. The van der Waals surface area contributed by atoms with E-state index >= 15 is 0 Å². The molecule has 1 heterocycles. The molecule has 0 radical (unpaired) electrons. The van der Waals surface area contributed by atoms with E-state index in [1.165, 1.54) is 24.3 Å². The molecule has 1 atom stereocenters. The predicted molar refractivity (Wildman–Crippen MR) is 62.3 cm³/mol. The van der Waals surface area contributed by atoms with E-state index in [1.54, 1.807) is 0 Å². The van der Waals surface area contributed by atoms with Gasteiger partial charge in [-0.2, -0.15) is 0 Å². The Balaban J connectivity index is 2.18. The molecule has 7 nitrogen and oxygen atoms in total. The van der Waals surface area contributed by atoms with Crippen molar-refractivity contribution in [2.24, 2.45) is 0 Å². The Bertz CT molecular complexity index is 593. The lowest BCUT2D eigenvalue weighted by molar-refractivity contribution is -0.123. The average molecular weight is 270 g/mol. The Morgan fingerprint density at radius 2 is 1.83 bits per heavy atom. The van der Waals surface area contributed by atoms with E-state index in [2.05, 4.69) is 4.72 Å². The highest BCUT2D eigenvalue weighted by molar-refractivity contribution is 7.92. The SMILES string of the molecule is CS(=O)(=O)Nc1ccc(C2OC(=O)NC2=O)cc1. The van der Waals surface area contributed by atoms with Crippen LogP contribution in [0.2, 0.25) is 0 Å². The van der Waals surface area contributed by atoms with Crippen molar-refractivity contribution in [3.8, 4) is 0 Å². The van der Waals surface area contributed by atoms with Crippen LogP contribution in [-0.2, 0) is 19.6 Å². The first-order valence-electron chi connectivity index (χ1n) is 4.94. The Morgan fingerprint density at radius 1 is 1.22 bits per heavy atom. The van der Waals surface area contributed by atoms with E-state index in [0.717, 1.165) is 6.26 Å². The molecule has 2 rings (SSSR count). The summed E-state index contributed by atoms with van der Waals surface area (Å²) >= 11 is 0. The molecule has 2 N–H and O–H groups in total. The summed E-state index contributed by atoms with van der Waals surface area (Å²) in [5.41, 5.74) is 0.836. The number of cyclic esters (lactones) is 1. The Morgan fingerprint density at radius 3 is 2.28 bits per heavy atom. The number of benzene rings is 1. The van der Waals surface area contributed by atoms with Gasteiger partial charge in [0.2, 0.25) is 16.1 Å². The van der Waals surface area contributed by atoms with Crippen LogP contribution >= 0.6 is 0 Å². The second kappa shape index (κ2) is 4.30. The molecule has 1 saturated heterocycles. The molecule has 0 saturated carbocycles. The van der Waals surface area contributed by atoms with Crippen molar-refractivity contribution in [3.05, 3.63) is 29.8 Å². The van der Waals surface area contributed by atoms with Crippen molar-refractivity contribution in [2.45, 2.75) is 6.10 Å². The molecular weight excluding hydrogens is 260 g/mol. The number of carbonyl (C=O) groups excluding carboxylic acids is 2. The molecule has 1 aromatic carbocycles. The fourth-order valence-electron chi connectivity index (χ4n) is 1.52. The third kappa shape index (κ3) is 2.77. The highest BCUT2D eigenvalue weighted by Crippen LogP contribution is 2.23. The van der Waals surface area contributed by atoms with Crippen molar-refractivity contribution in [1.29, 1.82) is 0 Å². The lowest BCUT2D eigenvalue weighted by atomic mass is 10.1. The Labute approximate surface area is 103 Å². The van der Waals surface area contributed by atoms with Crippen molar-refractivity contribution < 1.29 is 22.7 Å². The van der Waals surface area contributed by atoms with Crippen molar-refractivity contribution in [2.75, 3.05) is 11.0 Å². The maximum absolute atomic E-state index is 11.3. The lowest BCUT2D eigenvalue weighted by Gasteiger charge is -2.08. The number of nitrogens with one attached hydrogen (secondary N) is 2. The number of alkyl carbamates (subject to hydrolysis) is 1. The molecule has 1 fully saturated rings. The van der Waals surface area contributed by atoms with Gasteiger partial charge in [0, 0.05) is 11.3 Å². The van der Waals surface area contributed by atoms with Crippen molar-refractivity contribution in [3.63, 3.8) is 0 Å². The second-order valence-electron chi connectivity index (χ2n) is 3.77. The van der Waals surface area contributed by atoms with Gasteiger partial charge in [0.25, 0.3) is 5.91 Å². The van der Waals surface area contributed by atoms with Crippen LogP contribution in [0.25, 0.3) is 0 Å². The first kappa shape index (κ1) is 12.4. The van der Waals surface area contributed by atoms with E-state index in [4.69, 9.17) is 4.74 Å². The molecule has 0 spiro atoms. The molecule has 0 aliphatic carbocycles. The van der Waals surface area contributed by atoms with Crippen LogP contribution in [0, 0.1) is 0 Å². The van der Waals surface area contributed by atoms with E-state index in [0.29, 0.717) is 11.3 Å². The number of amides is 2. The zero-order chi connectivity index (χ0) is 13.3. The number of hydrogen-bond donors (Lipinski definition) is 2. The Kier molecular flexibility index (Phi) is 2.95. The maximum atomic E-state index is 11.3. The van der Waals surface area contributed by atoms with Gasteiger partial charge in [0.15, 0.2) is 0 Å². The van der Waals surface area contributed by atoms with Gasteiger partial charge >= 0.3 is 6.09 Å². The highest BCUT2D eigenvalue weighted by atomic mass is 32.2. The number of carbonyl (C=O) groups is 2. The smallest absolute Gasteiger partial charge is 0.415 e. The molecule has 0 bridgehead atoms. The van der Waals surface area contributed by atoms with Gasteiger partial charge in [-0.05, 0) is 12.1 Å². The van der Waals surface area contributed by atoms with Gasteiger partial charge in [-0.25, -0.2) is 13.2 Å². The van der Waals surface area contributed by atoms with Gasteiger partial charge in [-0.1, -0.05) is 12.1 Å². The molecule has 2 amide bonds. The van der Waals surface area contributed by atoms with Gasteiger partial charge in [0.05, 0.1) is 6.26 Å². The molecule has 18 heavy (non-hydrogen) atoms. The van der Waals surface area contributed by atoms with Crippen LogP contribution in [0.4, 0.5) is 10.5 Å². The number of ether oxygens (including phenoxy) is 1. The van der Waals surface area contributed by atoms with Crippen LogP contribution in [0.3, 0.4) is 0 Å². The van der Waals surface area contributed by atoms with Crippen LogP contribution < -0.4 is 10.0 Å². The fraction of sp³-hybridized carbons (Fsp3) is 0.200. The van der Waals surface area contributed by atoms with Crippen molar-refractivity contribution in [1.82, 2.24) is 5.32 Å². The van der Waals surface area contributed by atoms with Crippen molar-refractivity contribution >= 4 is 27.7 Å². The fourth-order valence-corrected chi connectivity index (χ4v) is 2.08. The minimum Gasteiger partial charge on any atom is -0.431 e. The Hall–Kier alpha value is -2.09. The summed E-state index contributed by atoms with van der Waals surface area (Å²) in [6.45, 7) is 0. The van der Waals surface area contributed by atoms with Crippen LogP contribution in [0.5, 0.6) is 0 Å². The summed E-state index contributed by atoms with van der Waals surface area (Å²) in [4.78, 5) is 22.2. The lowest BCUT2D eigenvalue weighted by Crippen LogP contribution is -2.20. The van der Waals surface area contributed by atoms with E-state index < -0.39 is 28.1 Å². The second-order valence-corrected chi connectivity index (χ2v) is 5.52. The highest BCUT2D eigenvalue weighted by Gasteiger charge is 2.33. The first-order valence-corrected chi connectivity index (χ1v) is 6.83. The summed E-state index contributed by atoms with van der Waals surface area (Å²) in [7, 11) is -3.34. The summed E-state index contributed by atoms with van der Waals surface area (Å²) in [5.74, 6) is -0.538. The van der Waals surface area contributed by atoms with Crippen LogP contribution in [0.1, 0.15) is 11.7 Å². The van der Waals surface area contributed by atoms with E-state index in [-0.39, 0.29) is 0 Å². The zero-order valence-corrected chi connectivity index (χ0v) is 10.2. The predicted octanol–water partition coefficient (Wildman–Crippen LogP) is 0.366. The monoisotopic (exact) mass is 270 g/mol. The molecule has 0 aromatic heterocycles. The normalized spacial score (nSPS) is 19.3. The van der Waals surface area contributed by atoms with Gasteiger partial charge in [-0.15, -0.1) is 0 Å². The largest absolute Gasteiger partial charge is 0.431 e. The minimum absolute atomic E-state index is 0.367. The van der Waals surface area contributed by atoms with Crippen LogP contribution in [0.15, 0.2) is 24.3 Å². The number of imide groups is 1. The molecule has 1 unspecified atom stereocenters. The molecule has 96 valence electrons. The number of rotatable bonds is 3. The third-order valence-corrected chi connectivity index (χ3v) is 2.81. The summed E-state index contributed by atoms with van der Waals surface area (Å²) in [5, 5.41) is 2.01. The molecule has 1 aromatic rings. The van der Waals surface area contributed by atoms with Gasteiger partial charge in [-0.3, -0.25) is 14.8 Å². The molecule has 8 heteroatoms. The topological polar surface area (TPSA) is 102 Å².